The second kappa shape index (κ2) is 6.53. The lowest BCUT2D eigenvalue weighted by molar-refractivity contribution is 0.207. The van der Waals surface area contributed by atoms with Gasteiger partial charge in [0.05, 0.1) is 0 Å². The van der Waals surface area contributed by atoms with Gasteiger partial charge < -0.3 is 11.1 Å². The summed E-state index contributed by atoms with van der Waals surface area (Å²) >= 11 is 0. The summed E-state index contributed by atoms with van der Waals surface area (Å²) in [6, 6.07) is 8.66. The minimum absolute atomic E-state index is 0.104. The van der Waals surface area contributed by atoms with Crippen LogP contribution < -0.4 is 11.1 Å². The summed E-state index contributed by atoms with van der Waals surface area (Å²) in [6.45, 7) is 6.50. The van der Waals surface area contributed by atoms with Crippen molar-refractivity contribution < 1.29 is 0 Å². The number of nitrogens with two attached hydrogens (primary N) is 1. The molecule has 1 unspecified atom stereocenters. The Morgan fingerprint density at radius 2 is 1.79 bits per heavy atom. The smallest absolute Gasteiger partial charge is 0.0421 e. The van der Waals surface area contributed by atoms with Crippen molar-refractivity contribution in [1.29, 1.82) is 0 Å². The maximum absolute atomic E-state index is 6.24. The first-order chi connectivity index (χ1) is 9.09. The lowest BCUT2D eigenvalue weighted by Gasteiger charge is -2.34. The summed E-state index contributed by atoms with van der Waals surface area (Å²) < 4.78 is 0. The Labute approximate surface area is 117 Å². The fourth-order valence-corrected chi connectivity index (χ4v) is 3.04. The van der Waals surface area contributed by atoms with Gasteiger partial charge >= 0.3 is 0 Å². The lowest BCUT2D eigenvalue weighted by Crippen LogP contribution is -2.37. The van der Waals surface area contributed by atoms with Crippen LogP contribution in [0, 0.1) is 12.3 Å². The van der Waals surface area contributed by atoms with Gasteiger partial charge in [0.15, 0.2) is 0 Å². The number of rotatable bonds is 5. The van der Waals surface area contributed by atoms with E-state index in [1.54, 1.807) is 0 Å². The Hall–Kier alpha value is -0.860. The molecule has 0 aliphatic heterocycles. The molecule has 2 rings (SSSR count). The Balaban J connectivity index is 1.77. The largest absolute Gasteiger partial charge is 0.323 e. The minimum atomic E-state index is 0.104. The highest BCUT2D eigenvalue weighted by Crippen LogP contribution is 2.34. The van der Waals surface area contributed by atoms with Crippen LogP contribution in [0.15, 0.2) is 24.3 Å². The molecule has 0 aromatic heterocycles. The van der Waals surface area contributed by atoms with Gasteiger partial charge in [-0.1, -0.05) is 56.0 Å². The molecule has 0 heterocycles. The molecule has 0 bridgehead atoms. The molecule has 1 saturated carbocycles. The summed E-state index contributed by atoms with van der Waals surface area (Å²) in [6.07, 6.45) is 6.92. The molecule has 1 fully saturated rings. The molecule has 0 saturated heterocycles. The van der Waals surface area contributed by atoms with Gasteiger partial charge in [-0.3, -0.25) is 0 Å². The van der Waals surface area contributed by atoms with Crippen LogP contribution in [0.25, 0.3) is 0 Å². The van der Waals surface area contributed by atoms with E-state index in [0.717, 1.165) is 13.1 Å². The maximum atomic E-state index is 6.24. The third-order valence-corrected chi connectivity index (χ3v) is 4.48. The van der Waals surface area contributed by atoms with E-state index in [0.29, 0.717) is 5.41 Å². The molecule has 2 nitrogen and oxygen atoms in total. The van der Waals surface area contributed by atoms with Crippen LogP contribution in [0.4, 0.5) is 0 Å². The Bertz CT molecular complexity index is 377. The second-order valence-electron chi connectivity index (χ2n) is 6.52. The van der Waals surface area contributed by atoms with E-state index in [-0.39, 0.29) is 6.04 Å². The van der Waals surface area contributed by atoms with Crippen molar-refractivity contribution in [2.24, 2.45) is 11.1 Å². The summed E-state index contributed by atoms with van der Waals surface area (Å²) in [5, 5.41) is 3.58. The van der Waals surface area contributed by atoms with Crippen LogP contribution in [-0.2, 0) is 0 Å². The predicted molar refractivity (Wildman–Crippen MR) is 82.2 cm³/mol. The molecule has 0 radical (unpaired) electrons. The van der Waals surface area contributed by atoms with Crippen LogP contribution in [-0.4, -0.2) is 13.1 Å². The molecule has 0 amide bonds. The molecule has 1 aliphatic carbocycles. The normalized spacial score (nSPS) is 20.2. The van der Waals surface area contributed by atoms with E-state index in [4.69, 9.17) is 5.73 Å². The van der Waals surface area contributed by atoms with Crippen molar-refractivity contribution >= 4 is 0 Å². The molecule has 1 aromatic rings. The standard InChI is InChI=1S/C17H28N2/c1-14-6-8-15(9-7-14)16(18)12-19-13-17(2)10-4-3-5-11-17/h6-9,16,19H,3-5,10-13,18H2,1-2H3. The predicted octanol–water partition coefficient (Wildman–Crippen LogP) is 3.55. The fourth-order valence-electron chi connectivity index (χ4n) is 3.04. The molecule has 1 aromatic carbocycles. The van der Waals surface area contributed by atoms with Crippen molar-refractivity contribution in [2.45, 2.75) is 52.0 Å². The van der Waals surface area contributed by atoms with Crippen LogP contribution in [0.3, 0.4) is 0 Å². The van der Waals surface area contributed by atoms with Crippen LogP contribution in [0.2, 0.25) is 0 Å². The minimum Gasteiger partial charge on any atom is -0.323 e. The number of hydrogen-bond donors (Lipinski definition) is 2. The number of hydrogen-bond acceptors (Lipinski definition) is 2. The van der Waals surface area contributed by atoms with E-state index in [2.05, 4.69) is 43.4 Å². The number of aryl methyl sites for hydroxylation is 1. The van der Waals surface area contributed by atoms with Gasteiger partial charge in [-0.2, -0.15) is 0 Å². The third kappa shape index (κ3) is 4.32. The highest BCUT2D eigenvalue weighted by molar-refractivity contribution is 5.24. The zero-order valence-corrected chi connectivity index (χ0v) is 12.4. The molecule has 2 heteroatoms. The molecule has 1 aliphatic rings. The Morgan fingerprint density at radius 3 is 2.42 bits per heavy atom. The molecule has 19 heavy (non-hydrogen) atoms. The molecule has 0 spiro atoms. The van der Waals surface area contributed by atoms with Crippen molar-refractivity contribution in [2.75, 3.05) is 13.1 Å². The first-order valence-corrected chi connectivity index (χ1v) is 7.62. The monoisotopic (exact) mass is 260 g/mol. The average Bonchev–Trinajstić information content (AvgIpc) is 2.40. The first-order valence-electron chi connectivity index (χ1n) is 7.62. The summed E-state index contributed by atoms with van der Waals surface area (Å²) in [4.78, 5) is 0. The molecule has 1 atom stereocenters. The Kier molecular flexibility index (Phi) is 5.00. The van der Waals surface area contributed by atoms with E-state index >= 15 is 0 Å². The number of nitrogens with one attached hydrogen (secondary N) is 1. The number of benzene rings is 1. The van der Waals surface area contributed by atoms with Crippen molar-refractivity contribution in [3.63, 3.8) is 0 Å². The second-order valence-corrected chi connectivity index (χ2v) is 6.52. The van der Waals surface area contributed by atoms with Crippen LogP contribution in [0.1, 0.15) is 56.2 Å². The SMILES string of the molecule is Cc1ccc(C(N)CNCC2(C)CCCCC2)cc1. The van der Waals surface area contributed by atoms with Gasteiger partial charge in [0, 0.05) is 19.1 Å². The summed E-state index contributed by atoms with van der Waals surface area (Å²) in [5.74, 6) is 0. The topological polar surface area (TPSA) is 38.0 Å². The summed E-state index contributed by atoms with van der Waals surface area (Å²) in [7, 11) is 0. The van der Waals surface area contributed by atoms with Gasteiger partial charge in [0.2, 0.25) is 0 Å². The van der Waals surface area contributed by atoms with Crippen LogP contribution in [0.5, 0.6) is 0 Å². The molecular weight excluding hydrogens is 232 g/mol. The van der Waals surface area contributed by atoms with E-state index in [9.17, 15) is 0 Å². The van der Waals surface area contributed by atoms with Crippen molar-refractivity contribution in [3.8, 4) is 0 Å². The highest BCUT2D eigenvalue weighted by atomic mass is 14.9. The van der Waals surface area contributed by atoms with Gasteiger partial charge in [0.25, 0.3) is 0 Å². The summed E-state index contributed by atoms with van der Waals surface area (Å²) in [5.41, 5.74) is 9.25. The van der Waals surface area contributed by atoms with Gasteiger partial charge in [-0.25, -0.2) is 0 Å². The van der Waals surface area contributed by atoms with Crippen molar-refractivity contribution in [1.82, 2.24) is 5.32 Å². The fraction of sp³-hybridized carbons (Fsp3) is 0.647. The highest BCUT2D eigenvalue weighted by Gasteiger charge is 2.26. The zero-order chi connectivity index (χ0) is 13.7. The maximum Gasteiger partial charge on any atom is 0.0421 e. The third-order valence-electron chi connectivity index (χ3n) is 4.48. The molecular formula is C17H28N2. The van der Waals surface area contributed by atoms with E-state index < -0.39 is 0 Å². The molecule has 3 N–H and O–H groups in total. The van der Waals surface area contributed by atoms with Crippen molar-refractivity contribution in [3.05, 3.63) is 35.4 Å². The van der Waals surface area contributed by atoms with Crippen LogP contribution >= 0.6 is 0 Å². The Morgan fingerprint density at radius 1 is 1.16 bits per heavy atom. The van der Waals surface area contributed by atoms with Gasteiger partial charge in [-0.05, 0) is 30.7 Å². The average molecular weight is 260 g/mol. The lowest BCUT2D eigenvalue weighted by atomic mass is 9.76. The van der Waals surface area contributed by atoms with Gasteiger partial charge in [0.1, 0.15) is 0 Å². The van der Waals surface area contributed by atoms with E-state index in [1.807, 2.05) is 0 Å². The zero-order valence-electron chi connectivity index (χ0n) is 12.4. The molecule has 106 valence electrons. The quantitative estimate of drug-likeness (QED) is 0.849. The van der Waals surface area contributed by atoms with Gasteiger partial charge in [-0.15, -0.1) is 0 Å². The first kappa shape index (κ1) is 14.5. The van der Waals surface area contributed by atoms with E-state index in [1.165, 1.54) is 43.2 Å².